The molecule has 1 heterocycles. The molecule has 1 saturated heterocycles. The highest BCUT2D eigenvalue weighted by molar-refractivity contribution is 7.91. The average molecular weight is 405 g/mol. The predicted molar refractivity (Wildman–Crippen MR) is 106 cm³/mol. The van der Waals surface area contributed by atoms with Crippen LogP contribution >= 0.6 is 0 Å². The Morgan fingerprint density at radius 1 is 1.14 bits per heavy atom. The van der Waals surface area contributed by atoms with Crippen molar-refractivity contribution in [1.29, 1.82) is 0 Å². The molecule has 1 aliphatic heterocycles. The maximum absolute atomic E-state index is 13.2. The Bertz CT molecular complexity index is 924. The van der Waals surface area contributed by atoms with Crippen LogP contribution in [0.4, 0.5) is 4.39 Å². The van der Waals surface area contributed by atoms with E-state index in [4.69, 9.17) is 4.74 Å². The predicted octanol–water partition coefficient (Wildman–Crippen LogP) is 3.44. The highest BCUT2D eigenvalue weighted by Crippen LogP contribution is 2.23. The third-order valence-electron chi connectivity index (χ3n) is 4.65. The molecular formula is C21H24FNO4S. The monoisotopic (exact) mass is 405 g/mol. The largest absolute Gasteiger partial charge is 0.491 e. The number of amides is 1. The highest BCUT2D eigenvalue weighted by Gasteiger charge is 2.35. The van der Waals surface area contributed by atoms with E-state index in [0.29, 0.717) is 17.7 Å². The molecule has 0 bridgehead atoms. The molecule has 3 rings (SSSR count). The standard InChI is InChI=1S/C21H24FNO4S/c1-15(2)27-20-9-5-17(6-10-20)21(24)23(19-11-12-28(25,26)14-19)13-16-3-7-18(22)8-4-16/h3-10,15,19H,11-14H2,1-2H3. The van der Waals surface area contributed by atoms with Crippen LogP contribution in [0, 0.1) is 5.82 Å². The SMILES string of the molecule is CC(C)Oc1ccc(C(=O)N(Cc2ccc(F)cc2)C2CCS(=O)(=O)C2)cc1. The van der Waals surface area contributed by atoms with Crippen LogP contribution in [-0.4, -0.2) is 42.9 Å². The maximum Gasteiger partial charge on any atom is 0.254 e. The van der Waals surface area contributed by atoms with E-state index in [0.717, 1.165) is 5.56 Å². The molecule has 1 unspecified atom stereocenters. The Balaban J connectivity index is 1.84. The molecule has 1 amide bonds. The third kappa shape index (κ3) is 5.10. The van der Waals surface area contributed by atoms with Crippen molar-refractivity contribution < 1.29 is 22.3 Å². The van der Waals surface area contributed by atoms with Crippen molar-refractivity contribution >= 4 is 15.7 Å². The summed E-state index contributed by atoms with van der Waals surface area (Å²) in [4.78, 5) is 14.7. The first-order chi connectivity index (χ1) is 13.2. The van der Waals surface area contributed by atoms with Gasteiger partial charge in [0.15, 0.2) is 9.84 Å². The fourth-order valence-corrected chi connectivity index (χ4v) is 5.02. The zero-order valence-electron chi connectivity index (χ0n) is 16.0. The van der Waals surface area contributed by atoms with E-state index in [1.54, 1.807) is 41.3 Å². The Morgan fingerprint density at radius 3 is 2.32 bits per heavy atom. The lowest BCUT2D eigenvalue weighted by Crippen LogP contribution is -2.40. The summed E-state index contributed by atoms with van der Waals surface area (Å²) in [7, 11) is -3.15. The fraction of sp³-hybridized carbons (Fsp3) is 0.381. The third-order valence-corrected chi connectivity index (χ3v) is 6.40. The molecule has 0 radical (unpaired) electrons. The summed E-state index contributed by atoms with van der Waals surface area (Å²) in [5, 5.41) is 0. The van der Waals surface area contributed by atoms with Gasteiger partial charge in [-0.1, -0.05) is 12.1 Å². The lowest BCUT2D eigenvalue weighted by Gasteiger charge is -2.28. The Kier molecular flexibility index (Phi) is 6.03. The molecule has 0 spiro atoms. The van der Waals surface area contributed by atoms with Crippen LogP contribution in [0.15, 0.2) is 48.5 Å². The van der Waals surface area contributed by atoms with Gasteiger partial charge in [-0.3, -0.25) is 4.79 Å². The van der Waals surface area contributed by atoms with Crippen molar-refractivity contribution in [3.63, 3.8) is 0 Å². The van der Waals surface area contributed by atoms with Crippen molar-refractivity contribution in [3.8, 4) is 5.75 Å². The number of sulfone groups is 1. The van der Waals surface area contributed by atoms with E-state index in [2.05, 4.69) is 0 Å². The number of nitrogens with zero attached hydrogens (tertiary/aromatic N) is 1. The lowest BCUT2D eigenvalue weighted by molar-refractivity contribution is 0.0681. The fourth-order valence-electron chi connectivity index (χ4n) is 3.29. The van der Waals surface area contributed by atoms with Crippen molar-refractivity contribution in [3.05, 3.63) is 65.5 Å². The molecule has 150 valence electrons. The number of rotatable bonds is 6. The van der Waals surface area contributed by atoms with Gasteiger partial charge in [0.2, 0.25) is 0 Å². The lowest BCUT2D eigenvalue weighted by atomic mass is 10.1. The maximum atomic E-state index is 13.2. The van der Waals surface area contributed by atoms with Gasteiger partial charge in [0.25, 0.3) is 5.91 Å². The van der Waals surface area contributed by atoms with E-state index in [-0.39, 0.29) is 35.9 Å². The van der Waals surface area contributed by atoms with E-state index >= 15 is 0 Å². The van der Waals surface area contributed by atoms with Gasteiger partial charge in [-0.2, -0.15) is 0 Å². The highest BCUT2D eigenvalue weighted by atomic mass is 32.2. The Morgan fingerprint density at radius 2 is 1.79 bits per heavy atom. The molecule has 0 N–H and O–H groups in total. The van der Waals surface area contributed by atoms with Crippen LogP contribution in [0.3, 0.4) is 0 Å². The second-order valence-corrected chi connectivity index (χ2v) is 9.54. The number of hydrogen-bond acceptors (Lipinski definition) is 4. The van der Waals surface area contributed by atoms with Gasteiger partial charge in [-0.05, 0) is 62.2 Å². The van der Waals surface area contributed by atoms with E-state index in [1.165, 1.54) is 12.1 Å². The van der Waals surface area contributed by atoms with E-state index < -0.39 is 15.9 Å². The van der Waals surface area contributed by atoms with Gasteiger partial charge in [0.1, 0.15) is 11.6 Å². The number of ether oxygens (including phenoxy) is 1. The number of halogens is 1. The second kappa shape index (κ2) is 8.31. The zero-order valence-corrected chi connectivity index (χ0v) is 16.8. The Labute approximate surface area is 165 Å². The normalized spacial score (nSPS) is 18.2. The number of carbonyl (C=O) groups excluding carboxylic acids is 1. The summed E-state index contributed by atoms with van der Waals surface area (Å²) in [5.74, 6) is 0.0916. The topological polar surface area (TPSA) is 63.7 Å². The molecule has 0 aromatic heterocycles. The Hall–Kier alpha value is -2.41. The minimum atomic E-state index is -3.15. The van der Waals surface area contributed by atoms with Crippen LogP contribution in [-0.2, 0) is 16.4 Å². The minimum absolute atomic E-state index is 0.0280. The molecule has 7 heteroatoms. The van der Waals surface area contributed by atoms with Gasteiger partial charge in [-0.15, -0.1) is 0 Å². The zero-order chi connectivity index (χ0) is 20.3. The molecule has 1 fully saturated rings. The summed E-state index contributed by atoms with van der Waals surface area (Å²) in [5.41, 5.74) is 1.21. The van der Waals surface area contributed by atoms with Gasteiger partial charge in [-0.25, -0.2) is 12.8 Å². The van der Waals surface area contributed by atoms with Crippen molar-refractivity contribution in [2.75, 3.05) is 11.5 Å². The quantitative estimate of drug-likeness (QED) is 0.739. The summed E-state index contributed by atoms with van der Waals surface area (Å²) < 4.78 is 42.7. The van der Waals surface area contributed by atoms with Crippen molar-refractivity contribution in [2.24, 2.45) is 0 Å². The molecule has 5 nitrogen and oxygen atoms in total. The molecule has 1 atom stereocenters. The molecule has 2 aromatic carbocycles. The number of carbonyl (C=O) groups is 1. The molecular weight excluding hydrogens is 381 g/mol. The minimum Gasteiger partial charge on any atom is -0.491 e. The first-order valence-corrected chi connectivity index (χ1v) is 11.1. The summed E-state index contributed by atoms with van der Waals surface area (Å²) in [6.07, 6.45) is 0.435. The van der Waals surface area contributed by atoms with E-state index in [9.17, 15) is 17.6 Å². The van der Waals surface area contributed by atoms with E-state index in [1.807, 2.05) is 13.8 Å². The summed E-state index contributed by atoms with van der Waals surface area (Å²) in [6.45, 7) is 4.07. The molecule has 2 aromatic rings. The van der Waals surface area contributed by atoms with Crippen LogP contribution in [0.5, 0.6) is 5.75 Å². The summed E-state index contributed by atoms with van der Waals surface area (Å²) in [6, 6.07) is 12.3. The van der Waals surface area contributed by atoms with Crippen LogP contribution in [0.25, 0.3) is 0 Å². The first-order valence-electron chi connectivity index (χ1n) is 9.26. The van der Waals surface area contributed by atoms with Crippen LogP contribution < -0.4 is 4.74 Å². The molecule has 28 heavy (non-hydrogen) atoms. The van der Waals surface area contributed by atoms with Crippen LogP contribution in [0.2, 0.25) is 0 Å². The van der Waals surface area contributed by atoms with Crippen molar-refractivity contribution in [1.82, 2.24) is 4.90 Å². The smallest absolute Gasteiger partial charge is 0.254 e. The average Bonchev–Trinajstić information content (AvgIpc) is 3.00. The molecule has 0 saturated carbocycles. The van der Waals surface area contributed by atoms with Gasteiger partial charge < -0.3 is 9.64 Å². The second-order valence-electron chi connectivity index (χ2n) is 7.31. The van der Waals surface area contributed by atoms with Crippen LogP contribution in [0.1, 0.15) is 36.2 Å². The first kappa shape index (κ1) is 20.3. The molecule has 1 aliphatic rings. The number of benzene rings is 2. The van der Waals surface area contributed by atoms with Gasteiger partial charge in [0.05, 0.1) is 17.6 Å². The van der Waals surface area contributed by atoms with Crippen molar-refractivity contribution in [2.45, 2.75) is 39.0 Å². The van der Waals surface area contributed by atoms with Gasteiger partial charge in [0, 0.05) is 18.2 Å². The number of hydrogen-bond donors (Lipinski definition) is 0. The van der Waals surface area contributed by atoms with Gasteiger partial charge >= 0.3 is 0 Å². The molecule has 0 aliphatic carbocycles. The summed E-state index contributed by atoms with van der Waals surface area (Å²) >= 11 is 0.